The van der Waals surface area contributed by atoms with Crippen molar-refractivity contribution >= 4 is 60.4 Å². The van der Waals surface area contributed by atoms with Crippen LogP contribution in [-0.4, -0.2) is 51.3 Å². The van der Waals surface area contributed by atoms with Gasteiger partial charge < -0.3 is 4.74 Å². The molecule has 0 amide bonds. The monoisotopic (exact) mass is 615 g/mol. The van der Waals surface area contributed by atoms with Crippen molar-refractivity contribution in [1.82, 2.24) is 9.78 Å². The minimum Gasteiger partial charge on any atom is -0.486 e. The largest absolute Gasteiger partial charge is 0.486 e. The van der Waals surface area contributed by atoms with Gasteiger partial charge in [0.15, 0.2) is 5.15 Å². The number of aromatic nitrogens is 2. The van der Waals surface area contributed by atoms with Crippen LogP contribution in [0.3, 0.4) is 0 Å². The number of hydrogen-bond donors (Lipinski definition) is 0. The third-order valence-corrected chi connectivity index (χ3v) is 10.0. The predicted molar refractivity (Wildman–Crippen MR) is 152 cm³/mol. The number of fused-ring (bicyclic) bond motifs is 1. The second-order valence-corrected chi connectivity index (χ2v) is 14.3. The Kier molecular flexibility index (Phi) is 8.37. The molecule has 8 nitrogen and oxygen atoms in total. The third-order valence-electron chi connectivity index (χ3n) is 6.39. The fourth-order valence-electron chi connectivity index (χ4n) is 4.52. The Hall–Kier alpha value is -2.60. The Morgan fingerprint density at radius 3 is 2.56 bits per heavy atom. The molecule has 2 heterocycles. The summed E-state index contributed by atoms with van der Waals surface area (Å²) in [6.45, 7) is 5.47. The zero-order valence-corrected chi connectivity index (χ0v) is 24.9. The lowest BCUT2D eigenvalue weighted by molar-refractivity contribution is 0.152. The molecule has 0 radical (unpaired) electrons. The standard InChI is InChI=1S/C26H28Cl2FN3O5S2/c1-5-31-14-24(26(28)30-31)39(35,36)32-13-23(17(3)15-38(4,33)34)37-22-10-9-18(12-21(22)32)11-16(2)25-19(27)7-6-8-20(25)29/h6-12,14,17,23H,5,13,15H2,1-4H3/b16-11+/t17-,23-/m0/s1. The quantitative estimate of drug-likeness (QED) is 0.308. The van der Waals surface area contributed by atoms with Gasteiger partial charge in [-0.2, -0.15) is 5.10 Å². The summed E-state index contributed by atoms with van der Waals surface area (Å²) < 4.78 is 75.0. The molecule has 1 aromatic heterocycles. The molecule has 3 aromatic rings. The molecule has 0 bridgehead atoms. The van der Waals surface area contributed by atoms with Gasteiger partial charge in [-0.05, 0) is 49.2 Å². The van der Waals surface area contributed by atoms with Crippen molar-refractivity contribution in [3.63, 3.8) is 0 Å². The van der Waals surface area contributed by atoms with E-state index < -0.39 is 37.7 Å². The minimum atomic E-state index is -4.23. The van der Waals surface area contributed by atoms with Crippen LogP contribution in [0.25, 0.3) is 11.6 Å². The summed E-state index contributed by atoms with van der Waals surface area (Å²) in [6, 6.07) is 9.33. The molecule has 0 unspecified atom stereocenters. The molecule has 0 saturated heterocycles. The molecule has 4 rings (SSSR count). The first-order valence-corrected chi connectivity index (χ1v) is 16.3. The van der Waals surface area contributed by atoms with Crippen LogP contribution in [0.4, 0.5) is 10.1 Å². The lowest BCUT2D eigenvalue weighted by atomic mass is 10.0. The van der Waals surface area contributed by atoms with Crippen LogP contribution in [0.15, 0.2) is 47.5 Å². The highest BCUT2D eigenvalue weighted by molar-refractivity contribution is 7.93. The van der Waals surface area contributed by atoms with E-state index in [1.165, 1.54) is 27.3 Å². The van der Waals surface area contributed by atoms with E-state index in [1.54, 1.807) is 51.1 Å². The average Bonchev–Trinajstić information content (AvgIpc) is 3.23. The van der Waals surface area contributed by atoms with Crippen molar-refractivity contribution in [1.29, 1.82) is 0 Å². The molecule has 2 aromatic carbocycles. The predicted octanol–water partition coefficient (Wildman–Crippen LogP) is 5.55. The molecule has 1 aliphatic rings. The van der Waals surface area contributed by atoms with Crippen LogP contribution >= 0.6 is 23.2 Å². The van der Waals surface area contributed by atoms with Crippen LogP contribution in [0.5, 0.6) is 5.75 Å². The van der Waals surface area contributed by atoms with Gasteiger partial charge in [0.25, 0.3) is 10.0 Å². The lowest BCUT2D eigenvalue weighted by Crippen LogP contribution is -2.47. The Morgan fingerprint density at radius 1 is 1.23 bits per heavy atom. The Labute approximate surface area is 238 Å². The summed E-state index contributed by atoms with van der Waals surface area (Å²) in [4.78, 5) is -0.177. The number of nitrogens with zero attached hydrogens (tertiary/aromatic N) is 3. The summed E-state index contributed by atoms with van der Waals surface area (Å²) in [5.74, 6) is -0.914. The topological polar surface area (TPSA) is 98.6 Å². The molecule has 210 valence electrons. The van der Waals surface area contributed by atoms with E-state index >= 15 is 0 Å². The fourth-order valence-corrected chi connectivity index (χ4v) is 7.93. The molecule has 0 aliphatic carbocycles. The third kappa shape index (κ3) is 6.26. The Bertz CT molecular complexity index is 1640. The number of aryl methyl sites for hydroxylation is 1. The summed E-state index contributed by atoms with van der Waals surface area (Å²) in [7, 11) is -7.58. The molecule has 0 N–H and O–H groups in total. The van der Waals surface area contributed by atoms with Gasteiger partial charge in [0.1, 0.15) is 32.4 Å². The van der Waals surface area contributed by atoms with Crippen LogP contribution in [0.2, 0.25) is 10.2 Å². The number of halogens is 3. The van der Waals surface area contributed by atoms with Crippen molar-refractivity contribution < 1.29 is 26.0 Å². The number of benzene rings is 2. The average molecular weight is 617 g/mol. The minimum absolute atomic E-state index is 0.148. The van der Waals surface area contributed by atoms with E-state index in [1.807, 2.05) is 0 Å². The molecule has 0 fully saturated rings. The fraction of sp³-hybridized carbons (Fsp3) is 0.346. The van der Waals surface area contributed by atoms with Crippen molar-refractivity contribution in [3.05, 3.63) is 69.7 Å². The number of anilines is 1. The molecule has 1 aliphatic heterocycles. The van der Waals surface area contributed by atoms with Crippen molar-refractivity contribution in [2.45, 2.75) is 38.3 Å². The smallest absolute Gasteiger partial charge is 0.269 e. The van der Waals surface area contributed by atoms with Gasteiger partial charge in [0.2, 0.25) is 0 Å². The summed E-state index contributed by atoms with van der Waals surface area (Å²) in [5, 5.41) is 4.14. The maximum atomic E-state index is 14.5. The second kappa shape index (κ2) is 11.1. The first-order chi connectivity index (χ1) is 18.2. The number of rotatable bonds is 8. The van der Waals surface area contributed by atoms with Gasteiger partial charge in [-0.15, -0.1) is 0 Å². The van der Waals surface area contributed by atoms with E-state index in [0.717, 1.165) is 6.26 Å². The van der Waals surface area contributed by atoms with Crippen LogP contribution in [-0.2, 0) is 26.4 Å². The maximum absolute atomic E-state index is 14.5. The second-order valence-electron chi connectivity index (χ2n) is 9.55. The van der Waals surface area contributed by atoms with Gasteiger partial charge in [-0.1, -0.05) is 48.3 Å². The SMILES string of the molecule is CCn1cc(S(=O)(=O)N2C[C@@H]([C@@H](C)CS(C)(=O)=O)Oc3ccc(/C=C(\C)c4c(F)cccc4Cl)cc32)c(Cl)n1. The van der Waals surface area contributed by atoms with Gasteiger partial charge in [0, 0.05) is 30.5 Å². The maximum Gasteiger partial charge on any atom is 0.269 e. The molecular weight excluding hydrogens is 588 g/mol. The number of sulfonamides is 1. The van der Waals surface area contributed by atoms with E-state index in [-0.39, 0.29) is 44.4 Å². The van der Waals surface area contributed by atoms with Crippen molar-refractivity contribution in [2.75, 3.05) is 22.9 Å². The van der Waals surface area contributed by atoms with E-state index in [4.69, 9.17) is 27.9 Å². The first kappa shape index (κ1) is 29.4. The van der Waals surface area contributed by atoms with Crippen LogP contribution in [0, 0.1) is 11.7 Å². The highest BCUT2D eigenvalue weighted by Crippen LogP contribution is 2.41. The first-order valence-electron chi connectivity index (χ1n) is 12.1. The van der Waals surface area contributed by atoms with Gasteiger partial charge in [-0.25, -0.2) is 21.2 Å². The number of hydrogen-bond acceptors (Lipinski definition) is 6. The molecule has 2 atom stereocenters. The number of allylic oxidation sites excluding steroid dienone is 1. The molecule has 39 heavy (non-hydrogen) atoms. The van der Waals surface area contributed by atoms with Gasteiger partial charge >= 0.3 is 0 Å². The number of sulfone groups is 1. The normalized spacial score (nSPS) is 17.1. The zero-order chi connectivity index (χ0) is 28.7. The molecular formula is C26H28Cl2FN3O5S2. The lowest BCUT2D eigenvalue weighted by Gasteiger charge is -2.37. The summed E-state index contributed by atoms with van der Waals surface area (Å²) in [5.41, 5.74) is 1.59. The van der Waals surface area contributed by atoms with E-state index in [0.29, 0.717) is 17.7 Å². The summed E-state index contributed by atoms with van der Waals surface area (Å²) >= 11 is 12.5. The Morgan fingerprint density at radius 2 is 1.95 bits per heavy atom. The van der Waals surface area contributed by atoms with E-state index in [9.17, 15) is 21.2 Å². The summed E-state index contributed by atoms with van der Waals surface area (Å²) in [6.07, 6.45) is 3.42. The van der Waals surface area contributed by atoms with Gasteiger partial charge in [-0.3, -0.25) is 8.99 Å². The van der Waals surface area contributed by atoms with E-state index in [2.05, 4.69) is 5.10 Å². The number of ether oxygens (including phenoxy) is 1. The van der Waals surface area contributed by atoms with Crippen molar-refractivity contribution in [3.8, 4) is 5.75 Å². The van der Waals surface area contributed by atoms with Crippen LogP contribution < -0.4 is 9.04 Å². The van der Waals surface area contributed by atoms with Gasteiger partial charge in [0.05, 0.1) is 23.0 Å². The molecule has 0 saturated carbocycles. The zero-order valence-electron chi connectivity index (χ0n) is 21.7. The highest BCUT2D eigenvalue weighted by atomic mass is 35.5. The van der Waals surface area contributed by atoms with Crippen molar-refractivity contribution in [2.24, 2.45) is 5.92 Å². The molecule has 13 heteroatoms. The Balaban J connectivity index is 1.82. The van der Waals surface area contributed by atoms with Crippen LogP contribution in [0.1, 0.15) is 31.9 Å². The molecule has 0 spiro atoms. The highest BCUT2D eigenvalue weighted by Gasteiger charge is 2.39.